The van der Waals surface area contributed by atoms with Crippen LogP contribution < -0.4 is 5.48 Å². The van der Waals surface area contributed by atoms with Gasteiger partial charge in [-0.1, -0.05) is 48.5 Å². The molecule has 0 aliphatic rings. The number of carbonyl (C=O) groups is 1. The highest BCUT2D eigenvalue weighted by molar-refractivity contribution is 7.90. The Balaban J connectivity index is 2.14. The lowest BCUT2D eigenvalue weighted by molar-refractivity contribution is -0.124. The number of carbonyl (C=O) groups excluding carboxylic acids is 1. The molecule has 1 aromatic heterocycles. The van der Waals surface area contributed by atoms with Gasteiger partial charge in [0.15, 0.2) is 0 Å². The normalized spacial score (nSPS) is 11.9. The number of hydrogen-bond donors (Lipinski definition) is 2. The maximum Gasteiger partial charge on any atom is 0.268 e. The first-order valence-corrected chi connectivity index (χ1v) is 10.6. The smallest absolute Gasteiger partial charge is 0.268 e. The Morgan fingerprint density at radius 2 is 1.83 bits per heavy atom. The molecule has 8 heteroatoms. The number of benzene rings is 2. The number of amides is 1. The van der Waals surface area contributed by atoms with Crippen LogP contribution in [0.15, 0.2) is 78.0 Å². The Morgan fingerprint density at radius 3 is 2.50 bits per heavy atom. The second-order valence-corrected chi connectivity index (χ2v) is 8.77. The van der Waals surface area contributed by atoms with Gasteiger partial charge in [0.05, 0.1) is 0 Å². The quantitative estimate of drug-likeness (QED) is 0.345. The van der Waals surface area contributed by atoms with Crippen LogP contribution in [0.1, 0.15) is 11.1 Å². The Hall–Kier alpha value is -3.20. The zero-order chi connectivity index (χ0) is 21.7. The van der Waals surface area contributed by atoms with Crippen molar-refractivity contribution in [2.75, 3.05) is 14.1 Å². The summed E-state index contributed by atoms with van der Waals surface area (Å²) < 4.78 is 28.4. The third kappa shape index (κ3) is 4.68. The van der Waals surface area contributed by atoms with E-state index in [1.54, 1.807) is 12.1 Å². The second-order valence-electron chi connectivity index (χ2n) is 6.99. The summed E-state index contributed by atoms with van der Waals surface area (Å²) in [5.41, 5.74) is 4.12. The van der Waals surface area contributed by atoms with E-state index in [-0.39, 0.29) is 4.90 Å². The Labute approximate surface area is 175 Å². The molecule has 0 unspecified atom stereocenters. The summed E-state index contributed by atoms with van der Waals surface area (Å²) in [7, 11) is -0.141. The Morgan fingerprint density at radius 1 is 1.10 bits per heavy atom. The number of hydroxylamine groups is 1. The first-order chi connectivity index (χ1) is 14.3. The third-order valence-corrected chi connectivity index (χ3v) is 6.21. The van der Waals surface area contributed by atoms with Crippen molar-refractivity contribution in [1.82, 2.24) is 14.4 Å². The fraction of sp³-hybridized carbons (Fsp3) is 0.136. The van der Waals surface area contributed by atoms with E-state index < -0.39 is 15.9 Å². The molecule has 2 aromatic carbocycles. The lowest BCUT2D eigenvalue weighted by Crippen LogP contribution is -2.18. The van der Waals surface area contributed by atoms with E-state index in [1.165, 1.54) is 23.9 Å². The van der Waals surface area contributed by atoms with Crippen LogP contribution in [0.2, 0.25) is 0 Å². The van der Waals surface area contributed by atoms with Gasteiger partial charge in [-0.2, -0.15) is 0 Å². The van der Waals surface area contributed by atoms with Crippen LogP contribution >= 0.6 is 0 Å². The van der Waals surface area contributed by atoms with E-state index >= 15 is 0 Å². The number of rotatable bonds is 7. The first-order valence-electron chi connectivity index (χ1n) is 9.20. The molecule has 0 saturated carbocycles. The van der Waals surface area contributed by atoms with E-state index in [0.29, 0.717) is 23.2 Å². The van der Waals surface area contributed by atoms with Crippen LogP contribution in [0.25, 0.3) is 17.2 Å². The molecule has 0 aliphatic carbocycles. The highest BCUT2D eigenvalue weighted by Gasteiger charge is 2.25. The van der Waals surface area contributed by atoms with Crippen LogP contribution in [0, 0.1) is 0 Å². The van der Waals surface area contributed by atoms with Crippen molar-refractivity contribution in [2.45, 2.75) is 11.4 Å². The molecular formula is C22H23N3O4S. The van der Waals surface area contributed by atoms with Crippen LogP contribution in [0.4, 0.5) is 0 Å². The molecule has 0 atom stereocenters. The third-order valence-electron chi connectivity index (χ3n) is 4.43. The van der Waals surface area contributed by atoms with Gasteiger partial charge in [0.1, 0.15) is 4.90 Å². The molecule has 0 aliphatic heterocycles. The molecule has 30 heavy (non-hydrogen) atoms. The van der Waals surface area contributed by atoms with Crippen molar-refractivity contribution in [3.8, 4) is 11.1 Å². The molecule has 156 valence electrons. The molecule has 0 fully saturated rings. The van der Waals surface area contributed by atoms with Crippen molar-refractivity contribution >= 4 is 22.0 Å². The standard InChI is InChI=1S/C22H23N3O4S/c1-24(2)16-19-9-6-10-20(18-7-4-3-5-8-18)22(19)30(28,29)25-14-13-17(15-25)11-12-21(26)23-27/h3-15,27H,16H2,1-2H3,(H,23,26)/b12-11+. The van der Waals surface area contributed by atoms with Crippen molar-refractivity contribution in [3.05, 3.63) is 84.2 Å². The Kier molecular flexibility index (Phi) is 6.51. The zero-order valence-electron chi connectivity index (χ0n) is 16.7. The predicted molar refractivity (Wildman–Crippen MR) is 115 cm³/mol. The van der Waals surface area contributed by atoms with E-state index in [4.69, 9.17) is 5.21 Å². The van der Waals surface area contributed by atoms with Crippen molar-refractivity contribution < 1.29 is 18.4 Å². The van der Waals surface area contributed by atoms with Crippen LogP contribution in [-0.4, -0.2) is 42.5 Å². The summed E-state index contributed by atoms with van der Waals surface area (Å²) in [4.78, 5) is 13.3. The van der Waals surface area contributed by atoms with Crippen molar-refractivity contribution in [2.24, 2.45) is 0 Å². The largest absolute Gasteiger partial charge is 0.305 e. The minimum absolute atomic E-state index is 0.240. The molecule has 2 N–H and O–H groups in total. The van der Waals surface area contributed by atoms with E-state index in [9.17, 15) is 13.2 Å². The lowest BCUT2D eigenvalue weighted by atomic mass is 10.0. The molecule has 0 bridgehead atoms. The number of hydrogen-bond acceptors (Lipinski definition) is 5. The minimum Gasteiger partial charge on any atom is -0.305 e. The van der Waals surface area contributed by atoms with Crippen molar-refractivity contribution in [1.29, 1.82) is 0 Å². The van der Waals surface area contributed by atoms with E-state index in [2.05, 4.69) is 0 Å². The molecular weight excluding hydrogens is 402 g/mol. The summed E-state index contributed by atoms with van der Waals surface area (Å²) in [5, 5.41) is 8.58. The minimum atomic E-state index is -3.91. The molecule has 1 amide bonds. The van der Waals surface area contributed by atoms with Crippen molar-refractivity contribution in [3.63, 3.8) is 0 Å². The SMILES string of the molecule is CN(C)Cc1cccc(-c2ccccc2)c1S(=O)(=O)n1ccc(/C=C/C(=O)NO)c1. The van der Waals surface area contributed by atoms with Gasteiger partial charge >= 0.3 is 0 Å². The highest BCUT2D eigenvalue weighted by atomic mass is 32.2. The summed E-state index contributed by atoms with van der Waals surface area (Å²) in [6.07, 6.45) is 5.40. The van der Waals surface area contributed by atoms with Gasteiger partial charge in [0.2, 0.25) is 0 Å². The average Bonchev–Trinajstić information content (AvgIpc) is 3.22. The maximum atomic E-state index is 13.6. The number of nitrogens with zero attached hydrogens (tertiary/aromatic N) is 2. The van der Waals surface area contributed by atoms with E-state index in [1.807, 2.05) is 61.5 Å². The second kappa shape index (κ2) is 9.08. The van der Waals surface area contributed by atoms with E-state index in [0.717, 1.165) is 15.6 Å². The fourth-order valence-corrected chi connectivity index (χ4v) is 4.78. The molecule has 3 rings (SSSR count). The van der Waals surface area contributed by atoms with Gasteiger partial charge in [-0.05, 0) is 42.9 Å². The molecule has 0 radical (unpaired) electrons. The monoisotopic (exact) mass is 425 g/mol. The van der Waals surface area contributed by atoms with Gasteiger partial charge in [-0.25, -0.2) is 17.9 Å². The van der Waals surface area contributed by atoms with Gasteiger partial charge in [0, 0.05) is 30.6 Å². The van der Waals surface area contributed by atoms with Crippen LogP contribution in [-0.2, 0) is 21.4 Å². The molecule has 1 heterocycles. The van der Waals surface area contributed by atoms with Gasteiger partial charge in [-0.15, -0.1) is 0 Å². The molecule has 0 saturated heterocycles. The van der Waals surface area contributed by atoms with Crippen LogP contribution in [0.5, 0.6) is 0 Å². The van der Waals surface area contributed by atoms with Gasteiger partial charge in [-0.3, -0.25) is 10.0 Å². The maximum absolute atomic E-state index is 13.6. The summed E-state index contributed by atoms with van der Waals surface area (Å²) >= 11 is 0. The topological polar surface area (TPSA) is 91.6 Å². The zero-order valence-corrected chi connectivity index (χ0v) is 17.5. The molecule has 0 spiro atoms. The summed E-state index contributed by atoms with van der Waals surface area (Å²) in [6.45, 7) is 0.458. The number of nitrogens with one attached hydrogen (secondary N) is 1. The number of aromatic nitrogens is 1. The predicted octanol–water partition coefficient (Wildman–Crippen LogP) is 2.97. The lowest BCUT2D eigenvalue weighted by Gasteiger charge is -2.18. The van der Waals surface area contributed by atoms with Crippen LogP contribution in [0.3, 0.4) is 0 Å². The first kappa shape index (κ1) is 21.5. The summed E-state index contributed by atoms with van der Waals surface area (Å²) in [5.74, 6) is -0.701. The molecule has 7 nitrogen and oxygen atoms in total. The average molecular weight is 426 g/mol. The van der Waals surface area contributed by atoms with Gasteiger partial charge in [0.25, 0.3) is 15.9 Å². The van der Waals surface area contributed by atoms with Gasteiger partial charge < -0.3 is 4.90 Å². The fourth-order valence-electron chi connectivity index (χ4n) is 3.15. The Bertz CT molecular complexity index is 1170. The summed E-state index contributed by atoms with van der Waals surface area (Å²) in [6, 6.07) is 16.4. The highest BCUT2D eigenvalue weighted by Crippen LogP contribution is 2.32. The molecule has 3 aromatic rings.